The van der Waals surface area contributed by atoms with Crippen molar-refractivity contribution in [2.45, 2.75) is 96.9 Å². The van der Waals surface area contributed by atoms with Crippen molar-refractivity contribution in [3.8, 4) is 0 Å². The quantitative estimate of drug-likeness (QED) is 0.327. The third kappa shape index (κ3) is 5.05. The molecule has 4 rings (SSSR count). The lowest BCUT2D eigenvalue weighted by atomic mass is 9.43. The molecule has 0 aliphatic heterocycles. The van der Waals surface area contributed by atoms with Crippen LogP contribution in [0.5, 0.6) is 0 Å². The molecule has 11 atom stereocenters. The van der Waals surface area contributed by atoms with Crippen molar-refractivity contribution in [3.05, 3.63) is 0 Å². The van der Waals surface area contributed by atoms with Crippen LogP contribution in [0.4, 0.5) is 0 Å². The average Bonchev–Trinajstić information content (AvgIpc) is 3.12. The highest BCUT2D eigenvalue weighted by Gasteiger charge is 2.65. The summed E-state index contributed by atoms with van der Waals surface area (Å²) >= 11 is 0. The van der Waals surface area contributed by atoms with Gasteiger partial charge in [-0.1, -0.05) is 20.8 Å². The van der Waals surface area contributed by atoms with Crippen LogP contribution >= 0.6 is 0 Å². The van der Waals surface area contributed by atoms with E-state index in [0.717, 1.165) is 38.5 Å². The first kappa shape index (κ1) is 27.3. The first-order valence-corrected chi connectivity index (χ1v) is 15.1. The molecule has 0 spiro atoms. The summed E-state index contributed by atoms with van der Waals surface area (Å²) in [6.45, 7) is 6.56. The standard InChI is InChI=1S/C26H45NO7S/c1-15(4-7-23(31)27-10-11-35(32,33)34)18-5-6-19-24-20(14-22(30)26(18,19)3)25(2)9-8-17(28)12-16(25)13-21(24)29/h15-22,24,28-30H,4-14H2,1-3H3,(H,27,31)(H,32,33,34)/t15-,16+,17-,18+,19-,20-,21-,22-,24-,25-,26+/m0/s1. The summed E-state index contributed by atoms with van der Waals surface area (Å²) in [6.07, 6.45) is 5.67. The van der Waals surface area contributed by atoms with Gasteiger partial charge in [-0.3, -0.25) is 9.35 Å². The van der Waals surface area contributed by atoms with Gasteiger partial charge in [0.15, 0.2) is 0 Å². The Morgan fingerprint density at radius 2 is 1.77 bits per heavy atom. The molecule has 0 heterocycles. The maximum absolute atomic E-state index is 12.2. The second-order valence-electron chi connectivity index (χ2n) is 12.7. The lowest BCUT2D eigenvalue weighted by molar-refractivity contribution is -0.207. The maximum Gasteiger partial charge on any atom is 0.266 e. The highest BCUT2D eigenvalue weighted by Crippen LogP contribution is 2.68. The van der Waals surface area contributed by atoms with Crippen molar-refractivity contribution in [3.63, 3.8) is 0 Å². The number of rotatable bonds is 7. The van der Waals surface area contributed by atoms with Crippen molar-refractivity contribution < 1.29 is 33.1 Å². The molecule has 0 unspecified atom stereocenters. The van der Waals surface area contributed by atoms with Crippen LogP contribution in [-0.4, -0.2) is 64.8 Å². The minimum absolute atomic E-state index is 0.0509. The number of amides is 1. The fourth-order valence-electron chi connectivity index (χ4n) is 9.10. The van der Waals surface area contributed by atoms with Gasteiger partial charge in [0.2, 0.25) is 5.91 Å². The molecule has 1 amide bonds. The number of carbonyl (C=O) groups excluding carboxylic acids is 1. The number of hydrogen-bond donors (Lipinski definition) is 5. The molecule has 4 fully saturated rings. The smallest absolute Gasteiger partial charge is 0.266 e. The number of nitrogens with one attached hydrogen (secondary N) is 1. The lowest BCUT2D eigenvalue weighted by Gasteiger charge is -2.63. The second-order valence-corrected chi connectivity index (χ2v) is 14.2. The Balaban J connectivity index is 1.43. The summed E-state index contributed by atoms with van der Waals surface area (Å²) < 4.78 is 30.5. The molecule has 0 aromatic carbocycles. The van der Waals surface area contributed by atoms with Crippen LogP contribution in [0.15, 0.2) is 0 Å². The maximum atomic E-state index is 12.2. The molecular formula is C26H45NO7S. The zero-order valence-electron chi connectivity index (χ0n) is 21.4. The van der Waals surface area contributed by atoms with Gasteiger partial charge in [0.05, 0.1) is 24.1 Å². The molecule has 4 saturated carbocycles. The van der Waals surface area contributed by atoms with Crippen LogP contribution in [0.2, 0.25) is 0 Å². The van der Waals surface area contributed by atoms with Crippen molar-refractivity contribution >= 4 is 16.0 Å². The fourth-order valence-corrected chi connectivity index (χ4v) is 9.46. The van der Waals surface area contributed by atoms with Crippen LogP contribution in [0, 0.1) is 46.3 Å². The van der Waals surface area contributed by atoms with E-state index in [1.165, 1.54) is 0 Å². The Hall–Kier alpha value is -0.740. The Kier molecular flexibility index (Phi) is 7.69. The number of fused-ring (bicyclic) bond motifs is 5. The summed E-state index contributed by atoms with van der Waals surface area (Å²) in [5.41, 5.74) is -0.254. The fraction of sp³-hybridized carbons (Fsp3) is 0.962. The summed E-state index contributed by atoms with van der Waals surface area (Å²) in [5, 5.41) is 35.8. The molecule has 9 heteroatoms. The summed E-state index contributed by atoms with van der Waals surface area (Å²) in [6, 6.07) is 0. The van der Waals surface area contributed by atoms with E-state index in [-0.39, 0.29) is 65.4 Å². The minimum atomic E-state index is -4.10. The van der Waals surface area contributed by atoms with Gasteiger partial charge < -0.3 is 20.6 Å². The second kappa shape index (κ2) is 9.86. The van der Waals surface area contributed by atoms with Gasteiger partial charge >= 0.3 is 0 Å². The van der Waals surface area contributed by atoms with Gasteiger partial charge in [0.25, 0.3) is 10.1 Å². The Morgan fingerprint density at radius 1 is 1.06 bits per heavy atom. The van der Waals surface area contributed by atoms with E-state index in [9.17, 15) is 28.5 Å². The Bertz CT molecular complexity index is 896. The highest BCUT2D eigenvalue weighted by molar-refractivity contribution is 7.85. The van der Waals surface area contributed by atoms with E-state index in [4.69, 9.17) is 4.55 Å². The van der Waals surface area contributed by atoms with Crippen molar-refractivity contribution in [1.29, 1.82) is 0 Å². The van der Waals surface area contributed by atoms with Crippen LogP contribution in [0.3, 0.4) is 0 Å². The SMILES string of the molecule is C[C@@H](CCC(=O)NCCS(=O)(=O)O)[C@H]1CC[C@H]2[C@@H]3[C@@H](O)C[C@H]4C[C@@H](O)CC[C@]4(C)[C@H]3C[C@H](O)[C@]12C. The number of aliphatic hydroxyl groups excluding tert-OH is 3. The molecule has 0 bridgehead atoms. The molecule has 5 N–H and O–H groups in total. The van der Waals surface area contributed by atoms with Gasteiger partial charge in [-0.2, -0.15) is 8.42 Å². The average molecular weight is 516 g/mol. The lowest BCUT2D eigenvalue weighted by Crippen LogP contribution is -2.62. The van der Waals surface area contributed by atoms with Crippen LogP contribution < -0.4 is 5.32 Å². The van der Waals surface area contributed by atoms with Crippen molar-refractivity contribution in [2.75, 3.05) is 12.3 Å². The van der Waals surface area contributed by atoms with E-state index in [0.29, 0.717) is 18.8 Å². The first-order chi connectivity index (χ1) is 16.3. The minimum Gasteiger partial charge on any atom is -0.393 e. The summed E-state index contributed by atoms with van der Waals surface area (Å²) in [4.78, 5) is 12.2. The van der Waals surface area contributed by atoms with E-state index < -0.39 is 28.1 Å². The molecule has 4 aliphatic carbocycles. The van der Waals surface area contributed by atoms with Crippen LogP contribution in [0.25, 0.3) is 0 Å². The monoisotopic (exact) mass is 515 g/mol. The number of aliphatic hydroxyl groups is 3. The van der Waals surface area contributed by atoms with Gasteiger partial charge in [0, 0.05) is 13.0 Å². The molecule has 8 nitrogen and oxygen atoms in total. The Morgan fingerprint density at radius 3 is 2.46 bits per heavy atom. The van der Waals surface area contributed by atoms with E-state index >= 15 is 0 Å². The normalized spacial score (nSPS) is 46.3. The van der Waals surface area contributed by atoms with E-state index in [1.54, 1.807) is 0 Å². The van der Waals surface area contributed by atoms with Crippen LogP contribution in [-0.2, 0) is 14.9 Å². The highest BCUT2D eigenvalue weighted by atomic mass is 32.2. The number of hydrogen-bond acceptors (Lipinski definition) is 6. The molecule has 0 saturated heterocycles. The van der Waals surface area contributed by atoms with Crippen LogP contribution in [0.1, 0.15) is 78.6 Å². The van der Waals surface area contributed by atoms with E-state index in [2.05, 4.69) is 26.1 Å². The Labute approximate surface area is 210 Å². The molecule has 4 aliphatic rings. The topological polar surface area (TPSA) is 144 Å². The predicted molar refractivity (Wildman–Crippen MR) is 132 cm³/mol. The largest absolute Gasteiger partial charge is 0.393 e. The summed E-state index contributed by atoms with van der Waals surface area (Å²) in [7, 11) is -4.10. The third-order valence-corrected chi connectivity index (χ3v) is 11.7. The molecule has 35 heavy (non-hydrogen) atoms. The van der Waals surface area contributed by atoms with Gasteiger partial charge in [-0.15, -0.1) is 0 Å². The van der Waals surface area contributed by atoms with E-state index in [1.807, 2.05) is 0 Å². The predicted octanol–water partition coefficient (Wildman–Crippen LogP) is 2.37. The first-order valence-electron chi connectivity index (χ1n) is 13.5. The summed E-state index contributed by atoms with van der Waals surface area (Å²) in [5.74, 6) is 0.705. The molecule has 0 aromatic rings. The number of carbonyl (C=O) groups is 1. The zero-order chi connectivity index (χ0) is 25.8. The third-order valence-electron chi connectivity index (χ3n) is 11.0. The van der Waals surface area contributed by atoms with Gasteiger partial charge in [0.1, 0.15) is 0 Å². The van der Waals surface area contributed by atoms with Gasteiger partial charge in [-0.05, 0) is 97.7 Å². The molecular weight excluding hydrogens is 470 g/mol. The van der Waals surface area contributed by atoms with Crippen molar-refractivity contribution in [1.82, 2.24) is 5.32 Å². The molecule has 0 aromatic heterocycles. The molecule has 202 valence electrons. The molecule has 0 radical (unpaired) electrons. The van der Waals surface area contributed by atoms with Crippen molar-refractivity contribution in [2.24, 2.45) is 46.3 Å². The van der Waals surface area contributed by atoms with Gasteiger partial charge in [-0.25, -0.2) is 0 Å². The zero-order valence-corrected chi connectivity index (χ0v) is 22.2.